The number of benzene rings is 1. The minimum atomic E-state index is -0.263. The molecule has 1 N–H and O–H groups in total. The fourth-order valence-electron chi connectivity index (χ4n) is 2.07. The lowest BCUT2D eigenvalue weighted by molar-refractivity contribution is 0.101. The van der Waals surface area contributed by atoms with Gasteiger partial charge in [0.15, 0.2) is 10.9 Å². The molecule has 6 nitrogen and oxygen atoms in total. The van der Waals surface area contributed by atoms with E-state index in [2.05, 4.69) is 15.5 Å². The number of thiazole rings is 1. The summed E-state index contributed by atoms with van der Waals surface area (Å²) in [7, 11) is 0. The van der Waals surface area contributed by atoms with Crippen LogP contribution in [0, 0.1) is 6.92 Å². The van der Waals surface area contributed by atoms with E-state index in [1.165, 1.54) is 24.9 Å². The number of hydrogen-bond donors (Lipinski definition) is 1. The molecule has 128 valence electrons. The SMILES string of the molecule is CC(=O)c1cnc(NC(=O)c2ccccc2SCc2cc(C)no2)s1. The molecule has 0 saturated carbocycles. The number of Topliss-reactive ketones (excluding diaryl/α,β-unsaturated/α-hetero) is 1. The van der Waals surface area contributed by atoms with Gasteiger partial charge in [-0.1, -0.05) is 28.6 Å². The summed E-state index contributed by atoms with van der Waals surface area (Å²) in [6.07, 6.45) is 1.47. The summed E-state index contributed by atoms with van der Waals surface area (Å²) in [5.74, 6) is 0.998. The number of carbonyl (C=O) groups excluding carboxylic acids is 2. The van der Waals surface area contributed by atoms with Gasteiger partial charge in [0.25, 0.3) is 5.91 Å². The molecule has 1 aromatic carbocycles. The van der Waals surface area contributed by atoms with Gasteiger partial charge in [0.1, 0.15) is 5.76 Å². The largest absolute Gasteiger partial charge is 0.360 e. The van der Waals surface area contributed by atoms with Crippen molar-refractivity contribution in [1.82, 2.24) is 10.1 Å². The second-order valence-electron chi connectivity index (χ2n) is 5.26. The number of nitrogens with zero attached hydrogens (tertiary/aromatic N) is 2. The second-order valence-corrected chi connectivity index (χ2v) is 7.31. The first-order valence-electron chi connectivity index (χ1n) is 7.45. The minimum absolute atomic E-state index is 0.0729. The van der Waals surface area contributed by atoms with E-state index in [0.29, 0.717) is 21.3 Å². The average Bonchev–Trinajstić information content (AvgIpc) is 3.22. The second kappa shape index (κ2) is 7.62. The van der Waals surface area contributed by atoms with E-state index in [4.69, 9.17) is 4.52 Å². The zero-order valence-electron chi connectivity index (χ0n) is 13.6. The molecule has 0 atom stereocenters. The van der Waals surface area contributed by atoms with Gasteiger partial charge >= 0.3 is 0 Å². The molecule has 8 heteroatoms. The molecule has 0 saturated heterocycles. The molecule has 0 bridgehead atoms. The number of thioether (sulfide) groups is 1. The normalized spacial score (nSPS) is 10.6. The maximum Gasteiger partial charge on any atom is 0.258 e. The Morgan fingerprint density at radius 1 is 1.32 bits per heavy atom. The van der Waals surface area contributed by atoms with E-state index in [0.717, 1.165) is 27.7 Å². The fraction of sp³-hybridized carbons (Fsp3) is 0.176. The highest BCUT2D eigenvalue weighted by atomic mass is 32.2. The smallest absolute Gasteiger partial charge is 0.258 e. The molecule has 0 aliphatic carbocycles. The summed E-state index contributed by atoms with van der Waals surface area (Å²) in [5, 5.41) is 7.00. The molecule has 2 heterocycles. The van der Waals surface area contributed by atoms with Crippen LogP contribution in [-0.4, -0.2) is 21.8 Å². The van der Waals surface area contributed by atoms with Gasteiger partial charge in [0, 0.05) is 17.9 Å². The van der Waals surface area contributed by atoms with Gasteiger partial charge in [-0.15, -0.1) is 11.8 Å². The molecule has 0 spiro atoms. The van der Waals surface area contributed by atoms with Crippen molar-refractivity contribution < 1.29 is 14.1 Å². The van der Waals surface area contributed by atoms with Crippen LogP contribution in [0.5, 0.6) is 0 Å². The maximum absolute atomic E-state index is 12.6. The molecule has 0 aliphatic heterocycles. The topological polar surface area (TPSA) is 85.1 Å². The molecule has 2 aromatic heterocycles. The predicted molar refractivity (Wildman–Crippen MR) is 97.3 cm³/mol. The Morgan fingerprint density at radius 3 is 2.80 bits per heavy atom. The Labute approximate surface area is 152 Å². The number of carbonyl (C=O) groups is 2. The molecule has 0 aliphatic rings. The van der Waals surface area contributed by atoms with Gasteiger partial charge in [0.2, 0.25) is 0 Å². The number of nitrogens with one attached hydrogen (secondary N) is 1. The highest BCUT2D eigenvalue weighted by molar-refractivity contribution is 7.98. The molecule has 3 rings (SSSR count). The minimum Gasteiger partial charge on any atom is -0.360 e. The van der Waals surface area contributed by atoms with E-state index < -0.39 is 0 Å². The van der Waals surface area contributed by atoms with Crippen molar-refractivity contribution in [3.8, 4) is 0 Å². The van der Waals surface area contributed by atoms with Crippen LogP contribution in [0.1, 0.15) is 38.4 Å². The van der Waals surface area contributed by atoms with Crippen molar-refractivity contribution in [2.45, 2.75) is 24.5 Å². The van der Waals surface area contributed by atoms with Crippen LogP contribution in [0.3, 0.4) is 0 Å². The van der Waals surface area contributed by atoms with Gasteiger partial charge in [-0.2, -0.15) is 0 Å². The van der Waals surface area contributed by atoms with E-state index in [1.807, 2.05) is 25.1 Å². The molecule has 25 heavy (non-hydrogen) atoms. The van der Waals surface area contributed by atoms with Crippen LogP contribution in [0.15, 0.2) is 45.9 Å². The van der Waals surface area contributed by atoms with Crippen LogP contribution < -0.4 is 5.32 Å². The van der Waals surface area contributed by atoms with Gasteiger partial charge < -0.3 is 4.52 Å². The number of rotatable bonds is 6. The third-order valence-electron chi connectivity index (χ3n) is 3.25. The molecule has 0 unspecified atom stereocenters. The molecular formula is C17H15N3O3S2. The van der Waals surface area contributed by atoms with Crippen molar-refractivity contribution in [3.05, 3.63) is 58.4 Å². The summed E-state index contributed by atoms with van der Waals surface area (Å²) in [4.78, 5) is 29.3. The number of hydrogen-bond acceptors (Lipinski definition) is 7. The molecule has 0 fully saturated rings. The molecular weight excluding hydrogens is 358 g/mol. The number of aryl methyl sites for hydroxylation is 1. The van der Waals surface area contributed by atoms with Crippen molar-refractivity contribution >= 4 is 39.9 Å². The van der Waals surface area contributed by atoms with E-state index in [-0.39, 0.29) is 11.7 Å². The van der Waals surface area contributed by atoms with E-state index in [9.17, 15) is 9.59 Å². The van der Waals surface area contributed by atoms with Crippen molar-refractivity contribution in [2.75, 3.05) is 5.32 Å². The van der Waals surface area contributed by atoms with Gasteiger partial charge in [-0.05, 0) is 19.1 Å². The van der Waals surface area contributed by atoms with Crippen molar-refractivity contribution in [2.24, 2.45) is 0 Å². The van der Waals surface area contributed by atoms with Gasteiger partial charge in [-0.3, -0.25) is 14.9 Å². The predicted octanol–water partition coefficient (Wildman–Crippen LogP) is 4.19. The number of amides is 1. The molecule has 1 amide bonds. The first-order chi connectivity index (χ1) is 12.0. The lowest BCUT2D eigenvalue weighted by Gasteiger charge is -2.07. The molecule has 0 radical (unpaired) electrons. The average molecular weight is 373 g/mol. The third-order valence-corrected chi connectivity index (χ3v) is 5.36. The van der Waals surface area contributed by atoms with Crippen LogP contribution in [-0.2, 0) is 5.75 Å². The Balaban J connectivity index is 1.72. The summed E-state index contributed by atoms with van der Waals surface area (Å²) in [6.45, 7) is 3.33. The first-order valence-corrected chi connectivity index (χ1v) is 9.25. The van der Waals surface area contributed by atoms with Crippen LogP contribution in [0.4, 0.5) is 5.13 Å². The lowest BCUT2D eigenvalue weighted by Crippen LogP contribution is -2.12. The van der Waals surface area contributed by atoms with Crippen LogP contribution in [0.25, 0.3) is 0 Å². The Hall–Kier alpha value is -2.45. The Morgan fingerprint density at radius 2 is 2.12 bits per heavy atom. The zero-order chi connectivity index (χ0) is 17.8. The first kappa shape index (κ1) is 17.4. The quantitative estimate of drug-likeness (QED) is 0.515. The number of anilines is 1. The third kappa shape index (κ3) is 4.34. The maximum atomic E-state index is 12.6. The monoisotopic (exact) mass is 373 g/mol. The van der Waals surface area contributed by atoms with E-state index >= 15 is 0 Å². The molecule has 3 aromatic rings. The van der Waals surface area contributed by atoms with Crippen LogP contribution in [0.2, 0.25) is 0 Å². The number of aromatic nitrogens is 2. The Kier molecular flexibility index (Phi) is 5.30. The Bertz CT molecular complexity index is 917. The highest BCUT2D eigenvalue weighted by Gasteiger charge is 2.15. The van der Waals surface area contributed by atoms with Gasteiger partial charge in [-0.25, -0.2) is 4.98 Å². The standard InChI is InChI=1S/C17H15N3O3S2/c1-10-7-12(23-20-10)9-24-14-6-4-3-5-13(14)16(22)19-17-18-8-15(25-17)11(2)21/h3-8H,9H2,1-2H3,(H,18,19,22). The summed E-state index contributed by atoms with van der Waals surface area (Å²) in [5.41, 5.74) is 1.37. The fourth-order valence-corrected chi connectivity index (χ4v) is 3.70. The van der Waals surface area contributed by atoms with Gasteiger partial charge in [0.05, 0.1) is 28.1 Å². The summed E-state index contributed by atoms with van der Waals surface area (Å²) < 4.78 is 5.20. The van der Waals surface area contributed by atoms with Crippen molar-refractivity contribution in [1.29, 1.82) is 0 Å². The van der Waals surface area contributed by atoms with E-state index in [1.54, 1.807) is 12.1 Å². The summed E-state index contributed by atoms with van der Waals surface area (Å²) >= 11 is 2.66. The highest BCUT2D eigenvalue weighted by Crippen LogP contribution is 2.28. The lowest BCUT2D eigenvalue weighted by atomic mass is 10.2. The summed E-state index contributed by atoms with van der Waals surface area (Å²) in [6, 6.07) is 9.19. The van der Waals surface area contributed by atoms with Crippen LogP contribution >= 0.6 is 23.1 Å². The number of ketones is 1. The van der Waals surface area contributed by atoms with Crippen molar-refractivity contribution in [3.63, 3.8) is 0 Å². The zero-order valence-corrected chi connectivity index (χ0v) is 15.2.